The van der Waals surface area contributed by atoms with Crippen LogP contribution < -0.4 is 10.6 Å². The van der Waals surface area contributed by atoms with Crippen LogP contribution in [0.3, 0.4) is 0 Å². The van der Waals surface area contributed by atoms with Gasteiger partial charge < -0.3 is 15.7 Å². The van der Waals surface area contributed by atoms with Crippen molar-refractivity contribution in [2.75, 3.05) is 18.5 Å². The molecule has 0 saturated heterocycles. The summed E-state index contributed by atoms with van der Waals surface area (Å²) in [5, 5.41) is 9.69. The zero-order chi connectivity index (χ0) is 11.5. The minimum atomic E-state index is -0.707. The van der Waals surface area contributed by atoms with Gasteiger partial charge in [-0.25, -0.2) is 0 Å². The van der Waals surface area contributed by atoms with Crippen molar-refractivity contribution >= 4 is 5.69 Å². The molecule has 0 amide bonds. The first kappa shape index (κ1) is 11.9. The van der Waals surface area contributed by atoms with Crippen LogP contribution in [-0.2, 0) is 6.54 Å². The summed E-state index contributed by atoms with van der Waals surface area (Å²) in [7, 11) is 1.94. The molecule has 0 aromatic carbocycles. The van der Waals surface area contributed by atoms with Crippen LogP contribution in [0.1, 0.15) is 19.5 Å². The molecule has 0 aliphatic heterocycles. The molecule has 0 bridgehead atoms. The zero-order valence-electron chi connectivity index (χ0n) is 9.57. The number of hydrogen-bond donors (Lipinski definition) is 2. The van der Waals surface area contributed by atoms with Crippen molar-refractivity contribution < 1.29 is 5.11 Å². The van der Waals surface area contributed by atoms with Gasteiger partial charge in [0.2, 0.25) is 0 Å². The highest BCUT2D eigenvalue weighted by molar-refractivity contribution is 5.46. The lowest BCUT2D eigenvalue weighted by Crippen LogP contribution is -2.36. The predicted octanol–water partition coefficient (Wildman–Crippen LogP) is 0.747. The van der Waals surface area contributed by atoms with Crippen molar-refractivity contribution in [2.24, 2.45) is 5.73 Å². The van der Waals surface area contributed by atoms with Gasteiger partial charge in [-0.1, -0.05) is 0 Å². The van der Waals surface area contributed by atoms with Crippen LogP contribution in [0.15, 0.2) is 18.3 Å². The van der Waals surface area contributed by atoms with Gasteiger partial charge in [-0.2, -0.15) is 0 Å². The van der Waals surface area contributed by atoms with E-state index in [4.69, 9.17) is 5.73 Å². The molecule has 1 aromatic rings. The van der Waals surface area contributed by atoms with Crippen molar-refractivity contribution in [1.29, 1.82) is 0 Å². The summed E-state index contributed by atoms with van der Waals surface area (Å²) in [5.41, 5.74) is 6.69. The molecule has 0 spiro atoms. The van der Waals surface area contributed by atoms with Gasteiger partial charge in [0, 0.05) is 32.0 Å². The number of nitrogens with zero attached hydrogens (tertiary/aromatic N) is 2. The Labute approximate surface area is 90.7 Å². The van der Waals surface area contributed by atoms with Gasteiger partial charge in [-0.3, -0.25) is 4.98 Å². The van der Waals surface area contributed by atoms with Crippen LogP contribution in [0.25, 0.3) is 0 Å². The number of anilines is 1. The molecule has 0 atom stereocenters. The Kier molecular flexibility index (Phi) is 3.66. The molecule has 0 radical (unpaired) electrons. The van der Waals surface area contributed by atoms with E-state index in [1.54, 1.807) is 20.0 Å². The zero-order valence-corrected chi connectivity index (χ0v) is 9.57. The monoisotopic (exact) mass is 209 g/mol. The van der Waals surface area contributed by atoms with Crippen LogP contribution in [0.5, 0.6) is 0 Å². The molecule has 4 nitrogen and oxygen atoms in total. The first-order valence-corrected chi connectivity index (χ1v) is 5.01. The minimum Gasteiger partial charge on any atom is -0.389 e. The van der Waals surface area contributed by atoms with Crippen LogP contribution >= 0.6 is 0 Å². The number of aliphatic hydroxyl groups is 1. The maximum absolute atomic E-state index is 9.69. The lowest BCUT2D eigenvalue weighted by Gasteiger charge is -2.27. The molecule has 0 fully saturated rings. The quantitative estimate of drug-likeness (QED) is 0.768. The maximum atomic E-state index is 9.69. The van der Waals surface area contributed by atoms with Crippen LogP contribution in [0, 0.1) is 0 Å². The van der Waals surface area contributed by atoms with E-state index in [-0.39, 0.29) is 0 Å². The number of likely N-dealkylation sites (N-methyl/N-ethyl adjacent to an activating group) is 1. The second-order valence-corrected chi connectivity index (χ2v) is 4.38. The summed E-state index contributed by atoms with van der Waals surface area (Å²) >= 11 is 0. The third-order valence-corrected chi connectivity index (χ3v) is 2.07. The average molecular weight is 209 g/mol. The Morgan fingerprint density at radius 2 is 2.20 bits per heavy atom. The van der Waals surface area contributed by atoms with Gasteiger partial charge >= 0.3 is 0 Å². The molecule has 84 valence electrons. The largest absolute Gasteiger partial charge is 0.389 e. The van der Waals surface area contributed by atoms with Crippen LogP contribution in [-0.4, -0.2) is 29.3 Å². The smallest absolute Gasteiger partial charge is 0.0765 e. The third kappa shape index (κ3) is 3.85. The molecule has 4 heteroatoms. The van der Waals surface area contributed by atoms with Gasteiger partial charge in [0.1, 0.15) is 0 Å². The van der Waals surface area contributed by atoms with E-state index >= 15 is 0 Å². The summed E-state index contributed by atoms with van der Waals surface area (Å²) < 4.78 is 0. The SMILES string of the molecule is CN(CC(C)(C)O)c1ccnc(CN)c1. The molecular formula is C11H19N3O. The van der Waals surface area contributed by atoms with E-state index < -0.39 is 5.60 Å². The summed E-state index contributed by atoms with van der Waals surface area (Å²) in [6, 6.07) is 3.84. The fraction of sp³-hybridized carbons (Fsp3) is 0.545. The van der Waals surface area contributed by atoms with Crippen molar-refractivity contribution in [1.82, 2.24) is 4.98 Å². The fourth-order valence-corrected chi connectivity index (χ4v) is 1.49. The Morgan fingerprint density at radius 1 is 1.53 bits per heavy atom. The number of rotatable bonds is 4. The molecule has 15 heavy (non-hydrogen) atoms. The van der Waals surface area contributed by atoms with Gasteiger partial charge in [0.25, 0.3) is 0 Å². The molecule has 3 N–H and O–H groups in total. The lowest BCUT2D eigenvalue weighted by molar-refractivity contribution is 0.0886. The van der Waals surface area contributed by atoms with Crippen molar-refractivity contribution in [3.05, 3.63) is 24.0 Å². The first-order chi connectivity index (χ1) is 6.92. The highest BCUT2D eigenvalue weighted by Gasteiger charge is 2.15. The van der Waals surface area contributed by atoms with Crippen LogP contribution in [0.2, 0.25) is 0 Å². The second kappa shape index (κ2) is 4.59. The van der Waals surface area contributed by atoms with E-state index in [0.29, 0.717) is 13.1 Å². The van der Waals surface area contributed by atoms with E-state index in [0.717, 1.165) is 11.4 Å². The normalized spacial score (nSPS) is 11.5. The van der Waals surface area contributed by atoms with Gasteiger partial charge in [0.05, 0.1) is 11.3 Å². The molecule has 0 saturated carbocycles. The lowest BCUT2D eigenvalue weighted by atomic mass is 10.1. The molecular weight excluding hydrogens is 190 g/mol. The number of nitrogens with two attached hydrogens (primary N) is 1. The molecule has 1 aromatic heterocycles. The third-order valence-electron chi connectivity index (χ3n) is 2.07. The summed E-state index contributed by atoms with van der Waals surface area (Å²) in [6.45, 7) is 4.58. The van der Waals surface area contributed by atoms with E-state index in [9.17, 15) is 5.11 Å². The van der Waals surface area contributed by atoms with Gasteiger partial charge in [-0.05, 0) is 26.0 Å². The predicted molar refractivity (Wildman–Crippen MR) is 61.7 cm³/mol. The van der Waals surface area contributed by atoms with Gasteiger partial charge in [-0.15, -0.1) is 0 Å². The highest BCUT2D eigenvalue weighted by atomic mass is 16.3. The van der Waals surface area contributed by atoms with E-state index in [1.807, 2.05) is 24.1 Å². The molecule has 1 rings (SSSR count). The van der Waals surface area contributed by atoms with Crippen LogP contribution in [0.4, 0.5) is 5.69 Å². The van der Waals surface area contributed by atoms with Crippen molar-refractivity contribution in [3.63, 3.8) is 0 Å². The molecule has 1 heterocycles. The minimum absolute atomic E-state index is 0.435. The topological polar surface area (TPSA) is 62.4 Å². The standard InChI is InChI=1S/C11H19N3O/c1-11(2,15)8-14(3)10-4-5-13-9(6-10)7-12/h4-6,15H,7-8,12H2,1-3H3. The number of hydrogen-bond acceptors (Lipinski definition) is 4. The molecule has 0 aliphatic carbocycles. The highest BCUT2D eigenvalue weighted by Crippen LogP contribution is 2.15. The fourth-order valence-electron chi connectivity index (χ4n) is 1.49. The summed E-state index contributed by atoms with van der Waals surface area (Å²) in [6.07, 6.45) is 1.73. The Balaban J connectivity index is 2.77. The van der Waals surface area contributed by atoms with Crippen molar-refractivity contribution in [2.45, 2.75) is 26.0 Å². The summed E-state index contributed by atoms with van der Waals surface area (Å²) in [5.74, 6) is 0. The van der Waals surface area contributed by atoms with Gasteiger partial charge in [0.15, 0.2) is 0 Å². The average Bonchev–Trinajstić information content (AvgIpc) is 2.15. The molecule has 0 unspecified atom stereocenters. The number of aromatic nitrogens is 1. The van der Waals surface area contributed by atoms with E-state index in [1.165, 1.54) is 0 Å². The van der Waals surface area contributed by atoms with E-state index in [2.05, 4.69) is 4.98 Å². The first-order valence-electron chi connectivity index (χ1n) is 5.01. The summed E-state index contributed by atoms with van der Waals surface area (Å²) in [4.78, 5) is 6.11. The Hall–Kier alpha value is -1.13. The van der Waals surface area contributed by atoms with Crippen molar-refractivity contribution in [3.8, 4) is 0 Å². The Bertz CT molecular complexity index is 320. The second-order valence-electron chi connectivity index (χ2n) is 4.38. The maximum Gasteiger partial charge on any atom is 0.0765 e. The molecule has 0 aliphatic rings. The Morgan fingerprint density at radius 3 is 2.73 bits per heavy atom. The number of pyridine rings is 1.